The van der Waals surface area contributed by atoms with Gasteiger partial charge in [-0.05, 0) is 66.8 Å². The van der Waals surface area contributed by atoms with E-state index in [4.69, 9.17) is 9.47 Å². The van der Waals surface area contributed by atoms with Gasteiger partial charge in [-0.2, -0.15) is 0 Å². The van der Waals surface area contributed by atoms with Gasteiger partial charge in [0.15, 0.2) is 6.10 Å². The average Bonchev–Trinajstić information content (AvgIpc) is 2.93. The normalized spacial score (nSPS) is 18.4. The predicted molar refractivity (Wildman–Crippen MR) is 155 cm³/mol. The Balaban J connectivity index is 1.34. The maximum atomic E-state index is 12.0. The standard InChI is InChI=1S/C34H50O3/c1-4-6-8-11-28-14-16-29(17-15-28)12-9-10-13-30-18-20-31(21-19-30)32-22-24-33(25-23-32)37-27(3)34(35)36-26-7-5-2/h18-25,27-29H,4-17,26H2,1-3H3/t27-,28-,29-/m1/s1. The minimum absolute atomic E-state index is 0.307. The number of carbonyl (C=O) groups excluding carboxylic acids is 1. The van der Waals surface area contributed by atoms with Crippen LogP contribution in [-0.4, -0.2) is 18.7 Å². The largest absolute Gasteiger partial charge is 0.479 e. The van der Waals surface area contributed by atoms with Crippen molar-refractivity contribution in [3.8, 4) is 16.9 Å². The van der Waals surface area contributed by atoms with Crippen LogP contribution in [0, 0.1) is 11.8 Å². The Morgan fingerprint density at radius 1 is 0.757 bits per heavy atom. The Bertz CT molecular complexity index is 878. The van der Waals surface area contributed by atoms with Gasteiger partial charge < -0.3 is 9.47 Å². The smallest absolute Gasteiger partial charge is 0.347 e. The van der Waals surface area contributed by atoms with Gasteiger partial charge in [-0.1, -0.05) is 121 Å². The number of rotatable bonds is 16. The molecule has 0 amide bonds. The average molecular weight is 507 g/mol. The molecule has 0 heterocycles. The maximum Gasteiger partial charge on any atom is 0.347 e. The van der Waals surface area contributed by atoms with Crippen molar-refractivity contribution in [1.29, 1.82) is 0 Å². The summed E-state index contributed by atoms with van der Waals surface area (Å²) in [6, 6.07) is 17.0. The van der Waals surface area contributed by atoms with E-state index in [9.17, 15) is 4.79 Å². The molecule has 2 aromatic rings. The van der Waals surface area contributed by atoms with Crippen molar-refractivity contribution < 1.29 is 14.3 Å². The lowest BCUT2D eigenvalue weighted by Gasteiger charge is -2.28. The van der Waals surface area contributed by atoms with Crippen LogP contribution < -0.4 is 4.74 Å². The molecule has 1 aliphatic carbocycles. The van der Waals surface area contributed by atoms with E-state index in [1.807, 2.05) is 12.1 Å². The summed E-state index contributed by atoms with van der Waals surface area (Å²) < 4.78 is 11.0. The molecule has 3 nitrogen and oxygen atoms in total. The molecule has 3 heteroatoms. The van der Waals surface area contributed by atoms with Gasteiger partial charge in [-0.25, -0.2) is 4.79 Å². The Kier molecular flexibility index (Phi) is 13.1. The topological polar surface area (TPSA) is 35.5 Å². The Labute approximate surface area is 226 Å². The zero-order valence-electron chi connectivity index (χ0n) is 23.7. The van der Waals surface area contributed by atoms with Crippen LogP contribution in [0.5, 0.6) is 5.75 Å². The quantitative estimate of drug-likeness (QED) is 0.168. The molecule has 204 valence electrons. The van der Waals surface area contributed by atoms with Gasteiger partial charge in [0.05, 0.1) is 6.61 Å². The molecule has 2 aromatic carbocycles. The highest BCUT2D eigenvalue weighted by Gasteiger charge is 2.20. The molecule has 0 bridgehead atoms. The van der Waals surface area contributed by atoms with Crippen LogP contribution in [0.2, 0.25) is 0 Å². The molecule has 0 N–H and O–H groups in total. The van der Waals surface area contributed by atoms with Crippen LogP contribution in [0.4, 0.5) is 0 Å². The highest BCUT2D eigenvalue weighted by molar-refractivity contribution is 5.74. The minimum atomic E-state index is -0.604. The van der Waals surface area contributed by atoms with Gasteiger partial charge in [-0.15, -0.1) is 0 Å². The number of unbranched alkanes of at least 4 members (excludes halogenated alkanes) is 4. The third-order valence-electron chi connectivity index (χ3n) is 8.04. The molecule has 37 heavy (non-hydrogen) atoms. The van der Waals surface area contributed by atoms with Gasteiger partial charge in [0.1, 0.15) is 5.75 Å². The first kappa shape index (κ1) is 29.3. The Morgan fingerprint density at radius 2 is 1.30 bits per heavy atom. The number of benzene rings is 2. The third-order valence-corrected chi connectivity index (χ3v) is 8.04. The summed E-state index contributed by atoms with van der Waals surface area (Å²) in [7, 11) is 0. The van der Waals surface area contributed by atoms with E-state index in [1.165, 1.54) is 88.2 Å². The zero-order valence-corrected chi connectivity index (χ0v) is 23.7. The van der Waals surface area contributed by atoms with Crippen molar-refractivity contribution in [2.45, 2.75) is 117 Å². The third kappa shape index (κ3) is 10.5. The summed E-state index contributed by atoms with van der Waals surface area (Å²) in [5, 5.41) is 0. The molecule has 1 saturated carbocycles. The first-order valence-electron chi connectivity index (χ1n) is 15.1. The van der Waals surface area contributed by atoms with E-state index in [2.05, 4.69) is 50.2 Å². The molecule has 0 aliphatic heterocycles. The number of hydrogen-bond acceptors (Lipinski definition) is 3. The van der Waals surface area contributed by atoms with Crippen LogP contribution in [0.25, 0.3) is 11.1 Å². The van der Waals surface area contributed by atoms with E-state index in [0.717, 1.165) is 30.2 Å². The monoisotopic (exact) mass is 506 g/mol. The zero-order chi connectivity index (χ0) is 26.3. The van der Waals surface area contributed by atoms with Crippen LogP contribution in [0.1, 0.15) is 110 Å². The van der Waals surface area contributed by atoms with Gasteiger partial charge in [0.2, 0.25) is 0 Å². The lowest BCUT2D eigenvalue weighted by molar-refractivity contribution is -0.151. The van der Waals surface area contributed by atoms with Crippen LogP contribution in [0.15, 0.2) is 48.5 Å². The summed E-state index contributed by atoms with van der Waals surface area (Å²) >= 11 is 0. The minimum Gasteiger partial charge on any atom is -0.479 e. The number of ether oxygens (including phenoxy) is 2. The van der Waals surface area contributed by atoms with Crippen molar-refractivity contribution in [2.24, 2.45) is 11.8 Å². The second-order valence-corrected chi connectivity index (χ2v) is 11.1. The van der Waals surface area contributed by atoms with E-state index in [1.54, 1.807) is 6.92 Å². The fourth-order valence-corrected chi connectivity index (χ4v) is 5.53. The highest BCUT2D eigenvalue weighted by Crippen LogP contribution is 2.34. The molecule has 0 aromatic heterocycles. The highest BCUT2D eigenvalue weighted by atomic mass is 16.6. The molecular formula is C34H50O3. The lowest BCUT2D eigenvalue weighted by Crippen LogP contribution is -2.26. The summed E-state index contributed by atoms with van der Waals surface area (Å²) in [5.41, 5.74) is 3.79. The van der Waals surface area contributed by atoms with Crippen LogP contribution >= 0.6 is 0 Å². The van der Waals surface area contributed by atoms with E-state index >= 15 is 0 Å². The first-order chi connectivity index (χ1) is 18.1. The SMILES string of the molecule is CCCCC[C@H]1CC[C@H](CCCCc2ccc(-c3ccc(O[C@H](C)C(=O)OCCCC)cc3)cc2)CC1. The number of esters is 1. The number of hydrogen-bond donors (Lipinski definition) is 0. The molecule has 3 rings (SSSR count). The molecule has 0 unspecified atom stereocenters. The fourth-order valence-electron chi connectivity index (χ4n) is 5.53. The molecule has 1 fully saturated rings. The van der Waals surface area contributed by atoms with Crippen LogP contribution in [0.3, 0.4) is 0 Å². The Morgan fingerprint density at radius 3 is 1.86 bits per heavy atom. The molecule has 0 saturated heterocycles. The fraction of sp³-hybridized carbons (Fsp3) is 0.618. The summed E-state index contributed by atoms with van der Waals surface area (Å²) in [6.07, 6.45) is 18.1. The van der Waals surface area contributed by atoms with Crippen molar-refractivity contribution in [1.82, 2.24) is 0 Å². The van der Waals surface area contributed by atoms with Crippen molar-refractivity contribution in [3.05, 3.63) is 54.1 Å². The second kappa shape index (κ2) is 16.5. The molecule has 1 aliphatic rings. The van der Waals surface area contributed by atoms with E-state index in [-0.39, 0.29) is 5.97 Å². The Hall–Kier alpha value is -2.29. The second-order valence-electron chi connectivity index (χ2n) is 11.1. The number of aryl methyl sites for hydroxylation is 1. The summed E-state index contributed by atoms with van der Waals surface area (Å²) in [4.78, 5) is 12.0. The van der Waals surface area contributed by atoms with Crippen molar-refractivity contribution in [2.75, 3.05) is 6.61 Å². The van der Waals surface area contributed by atoms with Crippen molar-refractivity contribution >= 4 is 5.97 Å². The predicted octanol–water partition coefficient (Wildman–Crippen LogP) is 9.56. The van der Waals surface area contributed by atoms with Gasteiger partial charge in [-0.3, -0.25) is 0 Å². The van der Waals surface area contributed by atoms with Gasteiger partial charge in [0, 0.05) is 0 Å². The van der Waals surface area contributed by atoms with E-state index in [0.29, 0.717) is 12.4 Å². The van der Waals surface area contributed by atoms with Crippen LogP contribution in [-0.2, 0) is 16.0 Å². The molecule has 1 atom stereocenters. The molecule has 0 radical (unpaired) electrons. The maximum absolute atomic E-state index is 12.0. The van der Waals surface area contributed by atoms with Crippen molar-refractivity contribution in [3.63, 3.8) is 0 Å². The molecular weight excluding hydrogens is 456 g/mol. The lowest BCUT2D eigenvalue weighted by atomic mass is 9.78. The molecule has 0 spiro atoms. The first-order valence-corrected chi connectivity index (χ1v) is 15.1. The van der Waals surface area contributed by atoms with Gasteiger partial charge >= 0.3 is 5.97 Å². The van der Waals surface area contributed by atoms with Gasteiger partial charge in [0.25, 0.3) is 0 Å². The summed E-state index contributed by atoms with van der Waals surface area (Å²) in [6.45, 7) is 6.57. The number of carbonyl (C=O) groups is 1. The van der Waals surface area contributed by atoms with E-state index < -0.39 is 6.10 Å². The summed E-state index contributed by atoms with van der Waals surface area (Å²) in [5.74, 6) is 2.38.